The number of thiocarbonyl (C=S) groups is 1. The number of fused-ring (bicyclic) bond motifs is 2. The Balaban J connectivity index is 1.54. The van der Waals surface area contributed by atoms with Gasteiger partial charge in [0.1, 0.15) is 5.69 Å². The van der Waals surface area contributed by atoms with Gasteiger partial charge < -0.3 is 10.6 Å². The van der Waals surface area contributed by atoms with E-state index in [1.54, 1.807) is 10.6 Å². The number of aliphatic imine (C=N–C) groups is 1. The Morgan fingerprint density at radius 1 is 1.29 bits per heavy atom. The monoisotopic (exact) mass is 411 g/mol. The van der Waals surface area contributed by atoms with Crippen LogP contribution in [0.4, 0.5) is 0 Å². The fourth-order valence-corrected chi connectivity index (χ4v) is 4.24. The summed E-state index contributed by atoms with van der Waals surface area (Å²) in [6.07, 6.45) is 3.31. The molecule has 0 radical (unpaired) electrons. The fraction of sp³-hybridized carbons (Fsp3) is 0.263. The van der Waals surface area contributed by atoms with Crippen molar-refractivity contribution >= 4 is 45.5 Å². The van der Waals surface area contributed by atoms with Crippen molar-refractivity contribution in [3.05, 3.63) is 58.4 Å². The third-order valence-electron chi connectivity index (χ3n) is 4.65. The number of nitrogens with one attached hydrogen (secondary N) is 2. The van der Waals surface area contributed by atoms with Crippen LogP contribution < -0.4 is 10.6 Å². The SMILES string of the molecule is O=C(NCCN=C=S)c1nc2sccn2c1C(=O)NC1Cc2ccccc2C1. The van der Waals surface area contributed by atoms with Gasteiger partial charge in [-0.2, -0.15) is 0 Å². The van der Waals surface area contributed by atoms with Crippen molar-refractivity contribution in [2.45, 2.75) is 18.9 Å². The highest BCUT2D eigenvalue weighted by molar-refractivity contribution is 7.78. The predicted molar refractivity (Wildman–Crippen MR) is 110 cm³/mol. The average Bonchev–Trinajstić information content (AvgIpc) is 3.37. The van der Waals surface area contributed by atoms with E-state index in [0.717, 1.165) is 12.8 Å². The number of hydrogen-bond acceptors (Lipinski definition) is 6. The third kappa shape index (κ3) is 3.60. The lowest BCUT2D eigenvalue weighted by molar-refractivity contribution is 0.0904. The maximum absolute atomic E-state index is 13.0. The molecule has 2 heterocycles. The summed E-state index contributed by atoms with van der Waals surface area (Å²) in [4.78, 5) is 34.3. The molecule has 1 aliphatic carbocycles. The number of hydrogen-bond donors (Lipinski definition) is 2. The second-order valence-corrected chi connectivity index (χ2v) is 7.50. The molecule has 2 aromatic heterocycles. The molecule has 0 aliphatic heterocycles. The minimum atomic E-state index is -0.407. The molecular formula is C19H17N5O2S2. The minimum absolute atomic E-state index is 0.00178. The molecule has 0 saturated heterocycles. The van der Waals surface area contributed by atoms with Crippen LogP contribution in [0.25, 0.3) is 4.96 Å². The highest BCUT2D eigenvalue weighted by Gasteiger charge is 2.28. The summed E-state index contributed by atoms with van der Waals surface area (Å²) in [5, 5.41) is 9.87. The molecule has 0 spiro atoms. The normalized spacial score (nSPS) is 13.1. The van der Waals surface area contributed by atoms with Crippen LogP contribution in [0.5, 0.6) is 0 Å². The summed E-state index contributed by atoms with van der Waals surface area (Å²) < 4.78 is 1.66. The minimum Gasteiger partial charge on any atom is -0.349 e. The van der Waals surface area contributed by atoms with E-state index >= 15 is 0 Å². The Bertz CT molecular complexity index is 1070. The highest BCUT2D eigenvalue weighted by atomic mass is 32.1. The first-order valence-corrected chi connectivity index (χ1v) is 10.1. The van der Waals surface area contributed by atoms with Gasteiger partial charge in [0.05, 0.1) is 11.7 Å². The number of isothiocyanates is 1. The van der Waals surface area contributed by atoms with Crippen molar-refractivity contribution < 1.29 is 9.59 Å². The number of rotatable bonds is 6. The lowest BCUT2D eigenvalue weighted by Gasteiger charge is -2.12. The third-order valence-corrected chi connectivity index (χ3v) is 5.54. The van der Waals surface area contributed by atoms with Gasteiger partial charge in [0.2, 0.25) is 0 Å². The Hall–Kier alpha value is -2.87. The van der Waals surface area contributed by atoms with Crippen molar-refractivity contribution in [1.29, 1.82) is 0 Å². The van der Waals surface area contributed by atoms with Crippen molar-refractivity contribution in [2.75, 3.05) is 13.1 Å². The van der Waals surface area contributed by atoms with E-state index in [1.165, 1.54) is 22.5 Å². The molecule has 2 N–H and O–H groups in total. The first-order valence-electron chi connectivity index (χ1n) is 8.82. The zero-order valence-corrected chi connectivity index (χ0v) is 16.5. The molecule has 0 bridgehead atoms. The van der Waals surface area contributed by atoms with Gasteiger partial charge in [-0.25, -0.2) is 9.98 Å². The molecule has 0 saturated carbocycles. The Kier molecular flexibility index (Phi) is 5.29. The molecule has 142 valence electrons. The van der Waals surface area contributed by atoms with Gasteiger partial charge in [0.15, 0.2) is 10.7 Å². The quantitative estimate of drug-likeness (QED) is 0.370. The lowest BCUT2D eigenvalue weighted by Crippen LogP contribution is -2.37. The van der Waals surface area contributed by atoms with E-state index in [0.29, 0.717) is 18.1 Å². The molecule has 4 rings (SSSR count). The molecule has 0 atom stereocenters. The number of nitrogens with zero attached hydrogens (tertiary/aromatic N) is 3. The lowest BCUT2D eigenvalue weighted by atomic mass is 10.1. The Labute approximate surface area is 170 Å². The largest absolute Gasteiger partial charge is 0.349 e. The average molecular weight is 412 g/mol. The summed E-state index contributed by atoms with van der Waals surface area (Å²) in [7, 11) is 0. The number of imidazole rings is 1. The first kappa shape index (κ1) is 18.5. The second-order valence-electron chi connectivity index (χ2n) is 6.44. The first-order chi connectivity index (χ1) is 13.7. The molecule has 7 nitrogen and oxygen atoms in total. The highest BCUT2D eigenvalue weighted by Crippen LogP contribution is 2.23. The van der Waals surface area contributed by atoms with Gasteiger partial charge >= 0.3 is 0 Å². The topological polar surface area (TPSA) is 87.9 Å². The van der Waals surface area contributed by atoms with Crippen LogP contribution in [0.3, 0.4) is 0 Å². The summed E-state index contributed by atoms with van der Waals surface area (Å²) >= 11 is 5.88. The summed E-state index contributed by atoms with van der Waals surface area (Å²) in [6.45, 7) is 0.631. The fourth-order valence-electron chi connectivity index (χ4n) is 3.43. The van der Waals surface area contributed by atoms with Crippen molar-refractivity contribution in [1.82, 2.24) is 20.0 Å². The molecule has 2 amide bonds. The molecule has 28 heavy (non-hydrogen) atoms. The number of amides is 2. The molecule has 9 heteroatoms. The van der Waals surface area contributed by atoms with Crippen LogP contribution in [0.15, 0.2) is 40.8 Å². The van der Waals surface area contributed by atoms with Crippen molar-refractivity contribution in [3.63, 3.8) is 0 Å². The van der Waals surface area contributed by atoms with E-state index in [2.05, 4.69) is 50.1 Å². The zero-order valence-electron chi connectivity index (χ0n) is 14.8. The van der Waals surface area contributed by atoms with Crippen LogP contribution in [-0.2, 0) is 12.8 Å². The molecule has 3 aromatic rings. The number of carbonyl (C=O) groups is 2. The smallest absolute Gasteiger partial charge is 0.272 e. The Morgan fingerprint density at radius 2 is 2.04 bits per heavy atom. The van der Waals surface area contributed by atoms with E-state index in [1.807, 2.05) is 17.5 Å². The van der Waals surface area contributed by atoms with Crippen LogP contribution >= 0.6 is 23.6 Å². The molecule has 0 fully saturated rings. The van der Waals surface area contributed by atoms with Gasteiger partial charge in [0, 0.05) is 24.2 Å². The van der Waals surface area contributed by atoms with Crippen molar-refractivity contribution in [3.8, 4) is 0 Å². The predicted octanol–water partition coefficient (Wildman–Crippen LogP) is 2.13. The van der Waals surface area contributed by atoms with Gasteiger partial charge in [-0.3, -0.25) is 14.0 Å². The maximum Gasteiger partial charge on any atom is 0.272 e. The molecule has 1 aliphatic rings. The number of thiazole rings is 1. The van der Waals surface area contributed by atoms with Crippen LogP contribution in [-0.4, -0.2) is 45.5 Å². The molecule has 0 unspecified atom stereocenters. The van der Waals surface area contributed by atoms with E-state index in [-0.39, 0.29) is 23.3 Å². The molecule has 1 aromatic carbocycles. The van der Waals surface area contributed by atoms with Gasteiger partial charge in [-0.05, 0) is 36.2 Å². The standard InChI is InChI=1S/C19H17N5O2S2/c25-17(21-6-5-20-11-27)15-16(24-7-8-28-19(24)23-15)18(26)22-14-9-12-3-1-2-4-13(12)10-14/h1-4,7-8,14H,5-6,9-10H2,(H,21,25)(H,22,26). The number of benzene rings is 1. The van der Waals surface area contributed by atoms with Gasteiger partial charge in [-0.15, -0.1) is 11.3 Å². The van der Waals surface area contributed by atoms with Gasteiger partial charge in [0.25, 0.3) is 11.8 Å². The van der Waals surface area contributed by atoms with Gasteiger partial charge in [-0.1, -0.05) is 24.3 Å². The summed E-state index contributed by atoms with van der Waals surface area (Å²) in [5.74, 6) is -0.707. The van der Waals surface area contributed by atoms with Crippen LogP contribution in [0.1, 0.15) is 32.1 Å². The zero-order chi connectivity index (χ0) is 19.5. The van der Waals surface area contributed by atoms with E-state index < -0.39 is 5.91 Å². The summed E-state index contributed by atoms with van der Waals surface area (Å²) in [6, 6.07) is 8.18. The Morgan fingerprint density at radius 3 is 2.75 bits per heavy atom. The molecular weight excluding hydrogens is 394 g/mol. The van der Waals surface area contributed by atoms with Crippen molar-refractivity contribution in [2.24, 2.45) is 4.99 Å². The maximum atomic E-state index is 13.0. The number of carbonyl (C=O) groups excluding carboxylic acids is 2. The number of aromatic nitrogens is 2. The summed E-state index contributed by atoms with van der Waals surface area (Å²) in [5.41, 5.74) is 2.87. The van der Waals surface area contributed by atoms with E-state index in [9.17, 15) is 9.59 Å². The second kappa shape index (κ2) is 8.02. The van der Waals surface area contributed by atoms with E-state index in [4.69, 9.17) is 0 Å². The van der Waals surface area contributed by atoms with Crippen LogP contribution in [0.2, 0.25) is 0 Å². The van der Waals surface area contributed by atoms with Crippen LogP contribution in [0, 0.1) is 0 Å².